The third-order valence-electron chi connectivity index (χ3n) is 5.13. The molecule has 0 aliphatic carbocycles. The summed E-state index contributed by atoms with van der Waals surface area (Å²) < 4.78 is 1.63. The Bertz CT molecular complexity index is 1310. The summed E-state index contributed by atoms with van der Waals surface area (Å²) in [5.74, 6) is -0.740. The molecule has 0 fully saturated rings. The zero-order valence-corrected chi connectivity index (χ0v) is 17.4. The number of benzene rings is 2. The first-order chi connectivity index (χ1) is 14.8. The van der Waals surface area contributed by atoms with E-state index in [-0.39, 0.29) is 35.5 Å². The van der Waals surface area contributed by atoms with Gasteiger partial charge in [0.1, 0.15) is 23.7 Å². The minimum absolute atomic E-state index is 0.00128. The van der Waals surface area contributed by atoms with Crippen molar-refractivity contribution < 1.29 is 20.1 Å². The maximum absolute atomic E-state index is 11.5. The molecule has 3 N–H and O–H groups in total. The number of phenolic OH excluding ortho intramolecular Hbond substituents is 2. The Labute approximate surface area is 178 Å². The fourth-order valence-corrected chi connectivity index (χ4v) is 3.66. The standard InChI is InChI=1S/C23H22N4O4/c1-12(2)14-8-16(20(29)9-19(14)28)23-26-25-21(10-22(30)31)27(23)18-6-4-5-17-15(18)7-13(3)11-24-17/h4-9,11-12,28-29H,10H2,1-3H3,(H,30,31). The summed E-state index contributed by atoms with van der Waals surface area (Å²) in [6.45, 7) is 5.78. The lowest BCUT2D eigenvalue weighted by atomic mass is 9.98. The molecule has 2 aromatic heterocycles. The smallest absolute Gasteiger partial charge is 0.311 e. The van der Waals surface area contributed by atoms with Crippen LogP contribution >= 0.6 is 0 Å². The number of nitrogens with zero attached hydrogens (tertiary/aromatic N) is 4. The molecule has 0 atom stereocenters. The number of rotatable bonds is 5. The van der Waals surface area contributed by atoms with E-state index in [1.54, 1.807) is 16.8 Å². The monoisotopic (exact) mass is 418 g/mol. The molecular formula is C23H22N4O4. The summed E-state index contributed by atoms with van der Waals surface area (Å²) in [5, 5.41) is 39.4. The number of pyridine rings is 1. The third kappa shape index (κ3) is 3.68. The molecule has 0 amide bonds. The summed E-state index contributed by atoms with van der Waals surface area (Å²) in [6, 6.07) is 10.4. The highest BCUT2D eigenvalue weighted by molar-refractivity contribution is 5.89. The Morgan fingerprint density at radius 1 is 1.10 bits per heavy atom. The number of aryl methyl sites for hydroxylation is 1. The summed E-state index contributed by atoms with van der Waals surface area (Å²) in [5.41, 5.74) is 3.33. The highest BCUT2D eigenvalue weighted by Gasteiger charge is 2.23. The minimum Gasteiger partial charge on any atom is -0.508 e. The molecule has 0 saturated carbocycles. The van der Waals surface area contributed by atoms with E-state index in [1.165, 1.54) is 6.07 Å². The lowest BCUT2D eigenvalue weighted by Crippen LogP contribution is -2.09. The topological polar surface area (TPSA) is 121 Å². The van der Waals surface area contributed by atoms with Gasteiger partial charge in [-0.1, -0.05) is 19.9 Å². The molecule has 158 valence electrons. The van der Waals surface area contributed by atoms with E-state index in [9.17, 15) is 20.1 Å². The highest BCUT2D eigenvalue weighted by Crippen LogP contribution is 2.38. The maximum Gasteiger partial charge on any atom is 0.311 e. The van der Waals surface area contributed by atoms with Crippen molar-refractivity contribution in [3.05, 3.63) is 59.5 Å². The first kappa shape index (κ1) is 20.3. The van der Waals surface area contributed by atoms with Gasteiger partial charge >= 0.3 is 5.97 Å². The van der Waals surface area contributed by atoms with Gasteiger partial charge in [0.05, 0.1) is 16.8 Å². The summed E-state index contributed by atoms with van der Waals surface area (Å²) >= 11 is 0. The summed E-state index contributed by atoms with van der Waals surface area (Å²) in [6.07, 6.45) is 1.41. The highest BCUT2D eigenvalue weighted by atomic mass is 16.4. The predicted molar refractivity (Wildman–Crippen MR) is 116 cm³/mol. The van der Waals surface area contributed by atoms with Crippen LogP contribution in [0, 0.1) is 6.92 Å². The number of aliphatic carboxylic acids is 1. The van der Waals surface area contributed by atoms with Crippen LogP contribution < -0.4 is 0 Å². The SMILES string of the molecule is Cc1cnc2cccc(-n3c(CC(=O)O)nnc3-c3cc(C(C)C)c(O)cc3O)c2c1. The van der Waals surface area contributed by atoms with Gasteiger partial charge in [-0.25, -0.2) is 0 Å². The van der Waals surface area contributed by atoms with Gasteiger partial charge in [0, 0.05) is 17.6 Å². The molecule has 4 rings (SSSR count). The van der Waals surface area contributed by atoms with Crippen molar-refractivity contribution in [3.63, 3.8) is 0 Å². The quantitative estimate of drug-likeness (QED) is 0.448. The molecule has 2 heterocycles. The normalized spacial score (nSPS) is 11.4. The summed E-state index contributed by atoms with van der Waals surface area (Å²) in [7, 11) is 0. The number of hydrogen-bond acceptors (Lipinski definition) is 6. The number of phenols is 2. The van der Waals surface area contributed by atoms with E-state index in [2.05, 4.69) is 15.2 Å². The second-order valence-corrected chi connectivity index (χ2v) is 7.79. The van der Waals surface area contributed by atoms with Crippen LogP contribution in [0.25, 0.3) is 28.0 Å². The van der Waals surface area contributed by atoms with Crippen molar-refractivity contribution in [2.24, 2.45) is 0 Å². The average molecular weight is 418 g/mol. The van der Waals surface area contributed by atoms with E-state index in [0.717, 1.165) is 16.5 Å². The molecule has 0 radical (unpaired) electrons. The molecule has 0 saturated heterocycles. The fourth-order valence-electron chi connectivity index (χ4n) is 3.66. The molecule has 0 spiro atoms. The number of fused-ring (bicyclic) bond motifs is 1. The van der Waals surface area contributed by atoms with E-state index in [0.29, 0.717) is 16.8 Å². The Hall–Kier alpha value is -3.94. The molecule has 0 aliphatic heterocycles. The minimum atomic E-state index is -1.05. The van der Waals surface area contributed by atoms with Gasteiger partial charge in [0.2, 0.25) is 0 Å². The first-order valence-electron chi connectivity index (χ1n) is 9.84. The van der Waals surface area contributed by atoms with Crippen LogP contribution in [0.4, 0.5) is 0 Å². The Morgan fingerprint density at radius 3 is 2.58 bits per heavy atom. The van der Waals surface area contributed by atoms with E-state index >= 15 is 0 Å². The Balaban J connectivity index is 2.05. The largest absolute Gasteiger partial charge is 0.508 e. The Morgan fingerprint density at radius 2 is 1.87 bits per heavy atom. The van der Waals surface area contributed by atoms with Gasteiger partial charge in [0.25, 0.3) is 0 Å². The molecular weight excluding hydrogens is 396 g/mol. The van der Waals surface area contributed by atoms with Gasteiger partial charge in [0.15, 0.2) is 5.82 Å². The van der Waals surface area contributed by atoms with Gasteiger partial charge in [-0.15, -0.1) is 10.2 Å². The molecule has 8 heteroatoms. The number of carboxylic acids is 1. The number of aromatic nitrogens is 4. The van der Waals surface area contributed by atoms with Crippen molar-refractivity contribution in [2.45, 2.75) is 33.1 Å². The van der Waals surface area contributed by atoms with Crippen LogP contribution in [0.15, 0.2) is 42.6 Å². The molecule has 8 nitrogen and oxygen atoms in total. The van der Waals surface area contributed by atoms with Gasteiger partial charge in [-0.2, -0.15) is 0 Å². The van der Waals surface area contributed by atoms with Gasteiger partial charge in [-0.05, 0) is 48.2 Å². The molecule has 0 bridgehead atoms. The van der Waals surface area contributed by atoms with Gasteiger partial charge in [-0.3, -0.25) is 14.3 Å². The number of carboxylic acid groups (broad SMARTS) is 1. The van der Waals surface area contributed by atoms with Gasteiger partial charge < -0.3 is 15.3 Å². The van der Waals surface area contributed by atoms with Crippen molar-refractivity contribution in [2.75, 3.05) is 0 Å². The van der Waals surface area contributed by atoms with Crippen molar-refractivity contribution in [1.82, 2.24) is 19.7 Å². The molecule has 2 aromatic carbocycles. The maximum atomic E-state index is 11.5. The van der Waals surface area contributed by atoms with Crippen molar-refractivity contribution in [1.29, 1.82) is 0 Å². The van der Waals surface area contributed by atoms with Crippen LogP contribution in [0.5, 0.6) is 11.5 Å². The van der Waals surface area contributed by atoms with Crippen LogP contribution in [-0.4, -0.2) is 41.0 Å². The average Bonchev–Trinajstić information content (AvgIpc) is 3.09. The number of carbonyl (C=O) groups is 1. The van der Waals surface area contributed by atoms with Crippen LogP contribution in [0.1, 0.15) is 36.7 Å². The molecule has 31 heavy (non-hydrogen) atoms. The van der Waals surface area contributed by atoms with E-state index in [1.807, 2.05) is 45.0 Å². The number of aromatic hydroxyl groups is 2. The van der Waals surface area contributed by atoms with Crippen molar-refractivity contribution >= 4 is 16.9 Å². The Kier molecular flexibility index (Phi) is 5.06. The van der Waals surface area contributed by atoms with E-state index < -0.39 is 5.97 Å². The fraction of sp³-hybridized carbons (Fsp3) is 0.217. The zero-order chi connectivity index (χ0) is 22.3. The van der Waals surface area contributed by atoms with Crippen LogP contribution in [0.3, 0.4) is 0 Å². The second kappa shape index (κ2) is 7.71. The second-order valence-electron chi connectivity index (χ2n) is 7.79. The zero-order valence-electron chi connectivity index (χ0n) is 17.4. The third-order valence-corrected chi connectivity index (χ3v) is 5.13. The lowest BCUT2D eigenvalue weighted by molar-refractivity contribution is -0.136. The molecule has 4 aromatic rings. The molecule has 0 unspecified atom stereocenters. The predicted octanol–water partition coefficient (Wildman–Crippen LogP) is 3.95. The molecule has 0 aliphatic rings. The van der Waals surface area contributed by atoms with E-state index in [4.69, 9.17) is 0 Å². The van der Waals surface area contributed by atoms with Crippen LogP contribution in [-0.2, 0) is 11.2 Å². The first-order valence-corrected chi connectivity index (χ1v) is 9.84. The van der Waals surface area contributed by atoms with Crippen molar-refractivity contribution in [3.8, 4) is 28.6 Å². The van der Waals surface area contributed by atoms with Crippen LogP contribution in [0.2, 0.25) is 0 Å². The summed E-state index contributed by atoms with van der Waals surface area (Å²) in [4.78, 5) is 16.0. The lowest BCUT2D eigenvalue weighted by Gasteiger charge is -2.16. The number of hydrogen-bond donors (Lipinski definition) is 3.